The summed E-state index contributed by atoms with van der Waals surface area (Å²) in [6.45, 7) is 2.16. The van der Waals surface area contributed by atoms with E-state index in [9.17, 15) is 0 Å². The summed E-state index contributed by atoms with van der Waals surface area (Å²) in [7, 11) is 0. The van der Waals surface area contributed by atoms with E-state index in [2.05, 4.69) is 120 Å². The number of hydrogen-bond donors (Lipinski definition) is 0. The van der Waals surface area contributed by atoms with Crippen LogP contribution in [-0.4, -0.2) is 0 Å². The van der Waals surface area contributed by atoms with Gasteiger partial charge in [0.1, 0.15) is 0 Å². The van der Waals surface area contributed by atoms with Crippen LogP contribution in [0, 0.1) is 6.92 Å². The zero-order valence-electron chi connectivity index (χ0n) is 22.6. The summed E-state index contributed by atoms with van der Waals surface area (Å²) in [6, 6.07) is 52.1. The molecule has 4 heteroatoms. The fraction of sp³-hybridized carbons (Fsp3) is 0.0270. The average Bonchev–Trinajstić information content (AvgIpc) is 3.01. The number of nitrogens with zero attached hydrogens (tertiary/aromatic N) is 2. The first-order chi connectivity index (χ1) is 20.1. The van der Waals surface area contributed by atoms with Gasteiger partial charge in [-0.2, -0.15) is 0 Å². The number of benzene rings is 6. The topological polar surface area (TPSA) is 6.48 Å². The normalized spacial score (nSPS) is 10.8. The number of aryl methyl sites for hydroxylation is 1. The molecule has 6 aromatic carbocycles. The molecule has 0 aliphatic rings. The van der Waals surface area contributed by atoms with Crippen molar-refractivity contribution >= 4 is 57.3 Å². The summed E-state index contributed by atoms with van der Waals surface area (Å²) < 4.78 is 0. The quantitative estimate of drug-likeness (QED) is 0.188. The van der Waals surface area contributed by atoms with E-state index in [0.717, 1.165) is 49.7 Å². The molecule has 0 aliphatic heterocycles. The van der Waals surface area contributed by atoms with Gasteiger partial charge in [-0.25, -0.2) is 0 Å². The van der Waals surface area contributed by atoms with Crippen molar-refractivity contribution in [3.8, 4) is 11.1 Å². The second-order valence-corrected chi connectivity index (χ2v) is 10.7. The minimum atomic E-state index is 0.720. The molecule has 41 heavy (non-hydrogen) atoms. The summed E-state index contributed by atoms with van der Waals surface area (Å²) >= 11 is 12.4. The molecule has 0 saturated carbocycles. The lowest BCUT2D eigenvalue weighted by molar-refractivity contribution is 1.25. The number of anilines is 6. The maximum absolute atomic E-state index is 6.21. The van der Waals surface area contributed by atoms with Crippen LogP contribution in [-0.2, 0) is 0 Å². The molecule has 200 valence electrons. The van der Waals surface area contributed by atoms with Gasteiger partial charge in [0.15, 0.2) is 0 Å². The Morgan fingerprint density at radius 2 is 0.780 bits per heavy atom. The summed E-state index contributed by atoms with van der Waals surface area (Å²) in [4.78, 5) is 4.50. The molecule has 0 unspecified atom stereocenters. The Bertz CT molecular complexity index is 1730. The summed E-state index contributed by atoms with van der Waals surface area (Å²) in [5.41, 5.74) is 10.00. The number of para-hydroxylation sites is 2. The molecule has 6 aromatic rings. The predicted molar refractivity (Wildman–Crippen MR) is 176 cm³/mol. The van der Waals surface area contributed by atoms with Crippen molar-refractivity contribution in [3.63, 3.8) is 0 Å². The van der Waals surface area contributed by atoms with Crippen LogP contribution in [0.1, 0.15) is 5.56 Å². The van der Waals surface area contributed by atoms with Gasteiger partial charge in [0.05, 0.1) is 0 Å². The molecule has 0 saturated heterocycles. The highest BCUT2D eigenvalue weighted by atomic mass is 35.5. The van der Waals surface area contributed by atoms with Crippen molar-refractivity contribution in [1.29, 1.82) is 0 Å². The van der Waals surface area contributed by atoms with E-state index >= 15 is 0 Å². The second kappa shape index (κ2) is 11.9. The molecule has 0 N–H and O–H groups in total. The lowest BCUT2D eigenvalue weighted by atomic mass is 10.0. The maximum Gasteiger partial charge on any atom is 0.0491 e. The van der Waals surface area contributed by atoms with Crippen LogP contribution in [0.2, 0.25) is 10.0 Å². The van der Waals surface area contributed by atoms with Gasteiger partial charge in [0.2, 0.25) is 0 Å². The Morgan fingerprint density at radius 1 is 0.390 bits per heavy atom. The van der Waals surface area contributed by atoms with Gasteiger partial charge in [-0.05, 0) is 121 Å². The molecule has 0 heterocycles. The Morgan fingerprint density at radius 3 is 1.27 bits per heavy atom. The van der Waals surface area contributed by atoms with E-state index in [0.29, 0.717) is 0 Å². The lowest BCUT2D eigenvalue weighted by Gasteiger charge is -2.27. The SMILES string of the molecule is Cc1cc(-c2ccc(N(c3ccccc3)c3ccc(Cl)cc3)cc2)ccc1N(c1ccccc1)c1ccc(Cl)cc1. The molecular formula is C37H28Cl2N2. The van der Waals surface area contributed by atoms with Crippen LogP contribution in [0.4, 0.5) is 34.1 Å². The van der Waals surface area contributed by atoms with E-state index in [1.54, 1.807) is 0 Å². The monoisotopic (exact) mass is 570 g/mol. The first-order valence-corrected chi connectivity index (χ1v) is 14.2. The summed E-state index contributed by atoms with van der Waals surface area (Å²) in [5.74, 6) is 0. The molecule has 0 aliphatic carbocycles. The van der Waals surface area contributed by atoms with Gasteiger partial charge in [0.25, 0.3) is 0 Å². The molecule has 0 fully saturated rings. The zero-order valence-corrected chi connectivity index (χ0v) is 24.1. The first kappa shape index (κ1) is 26.7. The van der Waals surface area contributed by atoms with Crippen LogP contribution in [0.25, 0.3) is 11.1 Å². The Labute approximate surface area is 251 Å². The van der Waals surface area contributed by atoms with Gasteiger partial charge in [0, 0.05) is 44.2 Å². The van der Waals surface area contributed by atoms with Crippen molar-refractivity contribution in [3.05, 3.63) is 167 Å². The highest BCUT2D eigenvalue weighted by Gasteiger charge is 2.16. The Hall–Kier alpha value is -4.50. The number of rotatable bonds is 7. The van der Waals surface area contributed by atoms with Gasteiger partial charge >= 0.3 is 0 Å². The van der Waals surface area contributed by atoms with Crippen molar-refractivity contribution in [2.24, 2.45) is 0 Å². The third-order valence-electron chi connectivity index (χ3n) is 7.09. The van der Waals surface area contributed by atoms with Crippen molar-refractivity contribution in [2.45, 2.75) is 6.92 Å². The van der Waals surface area contributed by atoms with Crippen LogP contribution in [0.15, 0.2) is 152 Å². The predicted octanol–water partition coefficient (Wildman–Crippen LogP) is 11.9. The van der Waals surface area contributed by atoms with Crippen LogP contribution in [0.5, 0.6) is 0 Å². The standard InChI is InChI=1S/C37H28Cl2N2/c1-27-26-29(14-25-37(27)41(33-10-6-3-7-11-33)36-23-17-31(39)18-24-36)28-12-19-34(20-13-28)40(32-8-4-2-5-9-32)35-21-15-30(38)16-22-35/h2-26H,1H3. The average molecular weight is 572 g/mol. The highest BCUT2D eigenvalue weighted by Crippen LogP contribution is 2.39. The fourth-order valence-electron chi connectivity index (χ4n) is 5.10. The number of hydrogen-bond acceptors (Lipinski definition) is 2. The molecule has 0 aromatic heterocycles. The molecule has 2 nitrogen and oxygen atoms in total. The lowest BCUT2D eigenvalue weighted by Crippen LogP contribution is -2.11. The van der Waals surface area contributed by atoms with Gasteiger partial charge in [-0.3, -0.25) is 0 Å². The fourth-order valence-corrected chi connectivity index (χ4v) is 5.35. The van der Waals surface area contributed by atoms with Crippen LogP contribution < -0.4 is 9.80 Å². The molecule has 0 amide bonds. The Kier molecular flexibility index (Phi) is 7.78. The maximum atomic E-state index is 6.21. The molecule has 6 rings (SSSR count). The second-order valence-electron chi connectivity index (χ2n) is 9.84. The molecule has 0 bridgehead atoms. The van der Waals surface area contributed by atoms with E-state index in [1.165, 1.54) is 11.1 Å². The van der Waals surface area contributed by atoms with E-state index in [-0.39, 0.29) is 0 Å². The van der Waals surface area contributed by atoms with Crippen molar-refractivity contribution < 1.29 is 0 Å². The minimum Gasteiger partial charge on any atom is -0.311 e. The van der Waals surface area contributed by atoms with Crippen LogP contribution in [0.3, 0.4) is 0 Å². The number of halogens is 2. The summed E-state index contributed by atoms with van der Waals surface area (Å²) in [5, 5.41) is 1.44. The zero-order chi connectivity index (χ0) is 28.2. The van der Waals surface area contributed by atoms with Crippen molar-refractivity contribution in [1.82, 2.24) is 0 Å². The van der Waals surface area contributed by atoms with Gasteiger partial charge in [-0.15, -0.1) is 0 Å². The first-order valence-electron chi connectivity index (χ1n) is 13.5. The molecule has 0 radical (unpaired) electrons. The van der Waals surface area contributed by atoms with E-state index in [4.69, 9.17) is 23.2 Å². The van der Waals surface area contributed by atoms with Gasteiger partial charge < -0.3 is 9.80 Å². The third kappa shape index (κ3) is 5.85. The highest BCUT2D eigenvalue weighted by molar-refractivity contribution is 6.31. The Balaban J connectivity index is 1.34. The molecule has 0 atom stereocenters. The smallest absolute Gasteiger partial charge is 0.0491 e. The summed E-state index contributed by atoms with van der Waals surface area (Å²) in [6.07, 6.45) is 0. The van der Waals surface area contributed by atoms with Crippen LogP contribution >= 0.6 is 23.2 Å². The van der Waals surface area contributed by atoms with E-state index < -0.39 is 0 Å². The minimum absolute atomic E-state index is 0.720. The van der Waals surface area contributed by atoms with E-state index in [1.807, 2.05) is 48.5 Å². The third-order valence-corrected chi connectivity index (χ3v) is 7.60. The molecule has 0 spiro atoms. The molecular weight excluding hydrogens is 543 g/mol. The van der Waals surface area contributed by atoms with Gasteiger partial charge in [-0.1, -0.05) is 77.8 Å². The van der Waals surface area contributed by atoms with Crippen molar-refractivity contribution in [2.75, 3.05) is 9.80 Å². The largest absolute Gasteiger partial charge is 0.311 e.